The van der Waals surface area contributed by atoms with Gasteiger partial charge in [0.1, 0.15) is 0 Å². The average molecular weight is 192 g/mol. The standard InChI is InChI=1S/C5H12O2.C4H8O2/c1-2-3-4-5(6)7;1-3-6-4(2)5/h5-7H,2-4H2,1H3;3H2,1-2H3. The Morgan fingerprint density at radius 1 is 1.38 bits per heavy atom. The van der Waals surface area contributed by atoms with Gasteiger partial charge in [-0.1, -0.05) is 13.3 Å². The van der Waals surface area contributed by atoms with E-state index in [9.17, 15) is 4.79 Å². The lowest BCUT2D eigenvalue weighted by Gasteiger charge is -1.97. The molecule has 0 rings (SSSR count). The summed E-state index contributed by atoms with van der Waals surface area (Å²) in [5.41, 5.74) is 0. The lowest BCUT2D eigenvalue weighted by atomic mass is 10.2. The summed E-state index contributed by atoms with van der Waals surface area (Å²) in [4.78, 5) is 9.82. The predicted molar refractivity (Wildman–Crippen MR) is 50.1 cm³/mol. The smallest absolute Gasteiger partial charge is 0.302 e. The monoisotopic (exact) mass is 192 g/mol. The van der Waals surface area contributed by atoms with Crippen LogP contribution in [0.4, 0.5) is 0 Å². The molecular weight excluding hydrogens is 172 g/mol. The summed E-state index contributed by atoms with van der Waals surface area (Å²) < 4.78 is 4.40. The molecule has 80 valence electrons. The molecular formula is C9H20O4. The van der Waals surface area contributed by atoms with Crippen LogP contribution < -0.4 is 0 Å². The number of aliphatic hydroxyl groups excluding tert-OH is 1. The summed E-state index contributed by atoms with van der Waals surface area (Å²) in [6.45, 7) is 5.67. The van der Waals surface area contributed by atoms with Crippen molar-refractivity contribution >= 4 is 5.97 Å². The minimum absolute atomic E-state index is 0.211. The molecule has 0 saturated carbocycles. The fraction of sp³-hybridized carbons (Fsp3) is 0.889. The number of aliphatic hydroxyl groups is 2. The van der Waals surface area contributed by atoms with Crippen LogP contribution in [0.5, 0.6) is 0 Å². The molecule has 0 radical (unpaired) electrons. The van der Waals surface area contributed by atoms with E-state index in [4.69, 9.17) is 10.2 Å². The normalized spacial score (nSPS) is 9.08. The zero-order valence-electron chi connectivity index (χ0n) is 8.62. The van der Waals surface area contributed by atoms with Gasteiger partial charge < -0.3 is 14.9 Å². The Balaban J connectivity index is 0. The lowest BCUT2D eigenvalue weighted by Crippen LogP contribution is -2.02. The summed E-state index contributed by atoms with van der Waals surface area (Å²) >= 11 is 0. The van der Waals surface area contributed by atoms with E-state index in [2.05, 4.69) is 4.74 Å². The van der Waals surface area contributed by atoms with Crippen molar-refractivity contribution < 1.29 is 19.7 Å². The summed E-state index contributed by atoms with van der Waals surface area (Å²) in [5.74, 6) is -0.211. The van der Waals surface area contributed by atoms with E-state index in [-0.39, 0.29) is 5.97 Å². The van der Waals surface area contributed by atoms with Gasteiger partial charge in [0, 0.05) is 6.92 Å². The van der Waals surface area contributed by atoms with Crippen molar-refractivity contribution in [1.82, 2.24) is 0 Å². The third-order valence-electron chi connectivity index (χ3n) is 1.16. The Morgan fingerprint density at radius 3 is 2.00 bits per heavy atom. The molecule has 0 aromatic carbocycles. The molecule has 2 N–H and O–H groups in total. The van der Waals surface area contributed by atoms with Gasteiger partial charge in [-0.3, -0.25) is 4.79 Å². The predicted octanol–water partition coefficient (Wildman–Crippen LogP) is 1.06. The third-order valence-corrected chi connectivity index (χ3v) is 1.16. The van der Waals surface area contributed by atoms with Crippen molar-refractivity contribution in [3.05, 3.63) is 0 Å². The maximum absolute atomic E-state index is 9.82. The molecule has 13 heavy (non-hydrogen) atoms. The third kappa shape index (κ3) is 24.6. The van der Waals surface area contributed by atoms with Crippen LogP contribution in [0.15, 0.2) is 0 Å². The minimum Gasteiger partial charge on any atom is -0.466 e. The molecule has 0 saturated heterocycles. The highest BCUT2D eigenvalue weighted by atomic mass is 16.5. The van der Waals surface area contributed by atoms with E-state index < -0.39 is 6.29 Å². The first-order valence-corrected chi connectivity index (χ1v) is 4.54. The van der Waals surface area contributed by atoms with Crippen LogP contribution in [0.3, 0.4) is 0 Å². The van der Waals surface area contributed by atoms with E-state index in [1.807, 2.05) is 6.92 Å². The van der Waals surface area contributed by atoms with Crippen LogP contribution in [0.2, 0.25) is 0 Å². The van der Waals surface area contributed by atoms with Gasteiger partial charge in [-0.2, -0.15) is 0 Å². The van der Waals surface area contributed by atoms with Gasteiger partial charge in [0.15, 0.2) is 6.29 Å². The van der Waals surface area contributed by atoms with Gasteiger partial charge >= 0.3 is 5.97 Å². The zero-order chi connectivity index (χ0) is 10.7. The number of unbranched alkanes of at least 4 members (excludes halogenated alkanes) is 1. The maximum Gasteiger partial charge on any atom is 0.302 e. The summed E-state index contributed by atoms with van der Waals surface area (Å²) in [6, 6.07) is 0. The SMILES string of the molecule is CCCCC(O)O.CCOC(C)=O. The Labute approximate surface area is 79.5 Å². The summed E-state index contributed by atoms with van der Waals surface area (Å²) in [6.07, 6.45) is 1.34. The van der Waals surface area contributed by atoms with E-state index in [0.717, 1.165) is 12.8 Å². The Hall–Kier alpha value is -0.610. The molecule has 0 aromatic rings. The molecule has 0 fully saturated rings. The first-order chi connectivity index (χ1) is 6.04. The number of hydrogen-bond acceptors (Lipinski definition) is 4. The molecule has 0 atom stereocenters. The average Bonchev–Trinajstić information content (AvgIpc) is 2.01. The second kappa shape index (κ2) is 11.4. The Kier molecular flexibility index (Phi) is 13.0. The van der Waals surface area contributed by atoms with Crippen molar-refractivity contribution in [2.45, 2.75) is 46.3 Å². The van der Waals surface area contributed by atoms with Gasteiger partial charge in [0.25, 0.3) is 0 Å². The highest BCUT2D eigenvalue weighted by Crippen LogP contribution is 1.95. The number of hydrogen-bond donors (Lipinski definition) is 2. The molecule has 4 nitrogen and oxygen atoms in total. The van der Waals surface area contributed by atoms with Crippen LogP contribution in [-0.2, 0) is 9.53 Å². The largest absolute Gasteiger partial charge is 0.466 e. The molecule has 0 heterocycles. The van der Waals surface area contributed by atoms with Crippen molar-refractivity contribution in [3.8, 4) is 0 Å². The van der Waals surface area contributed by atoms with Crippen molar-refractivity contribution in [1.29, 1.82) is 0 Å². The van der Waals surface area contributed by atoms with Gasteiger partial charge in [-0.25, -0.2) is 0 Å². The number of rotatable bonds is 4. The summed E-state index contributed by atoms with van der Waals surface area (Å²) in [5, 5.41) is 16.5. The number of carbonyl (C=O) groups is 1. The van der Waals surface area contributed by atoms with Crippen molar-refractivity contribution in [2.24, 2.45) is 0 Å². The second-order valence-corrected chi connectivity index (χ2v) is 2.55. The minimum atomic E-state index is -1.10. The molecule has 0 aliphatic carbocycles. The quantitative estimate of drug-likeness (QED) is 0.516. The van der Waals surface area contributed by atoms with Gasteiger partial charge in [0.05, 0.1) is 6.61 Å². The molecule has 0 aliphatic heterocycles. The molecule has 4 heteroatoms. The molecule has 0 bridgehead atoms. The van der Waals surface area contributed by atoms with Crippen LogP contribution in [0.1, 0.15) is 40.0 Å². The molecule has 0 unspecified atom stereocenters. The Bertz CT molecular complexity index is 112. The molecule has 0 aliphatic rings. The van der Waals surface area contributed by atoms with E-state index in [1.54, 1.807) is 6.92 Å². The van der Waals surface area contributed by atoms with Crippen LogP contribution >= 0.6 is 0 Å². The zero-order valence-corrected chi connectivity index (χ0v) is 8.62. The van der Waals surface area contributed by atoms with Crippen LogP contribution in [-0.4, -0.2) is 29.1 Å². The first kappa shape index (κ1) is 14.9. The van der Waals surface area contributed by atoms with Gasteiger partial charge in [-0.05, 0) is 19.8 Å². The van der Waals surface area contributed by atoms with Crippen LogP contribution in [0.25, 0.3) is 0 Å². The number of esters is 1. The summed E-state index contributed by atoms with van der Waals surface area (Å²) in [7, 11) is 0. The highest BCUT2D eigenvalue weighted by Gasteiger charge is 1.92. The van der Waals surface area contributed by atoms with E-state index in [1.165, 1.54) is 6.92 Å². The maximum atomic E-state index is 9.82. The van der Waals surface area contributed by atoms with Gasteiger partial charge in [-0.15, -0.1) is 0 Å². The lowest BCUT2D eigenvalue weighted by molar-refractivity contribution is -0.140. The topological polar surface area (TPSA) is 66.8 Å². The van der Waals surface area contributed by atoms with E-state index >= 15 is 0 Å². The fourth-order valence-electron chi connectivity index (χ4n) is 0.590. The molecule has 0 spiro atoms. The second-order valence-electron chi connectivity index (χ2n) is 2.55. The highest BCUT2D eigenvalue weighted by molar-refractivity contribution is 5.65. The molecule has 0 amide bonds. The number of carbonyl (C=O) groups excluding carboxylic acids is 1. The van der Waals surface area contributed by atoms with Crippen LogP contribution in [0, 0.1) is 0 Å². The first-order valence-electron chi connectivity index (χ1n) is 4.54. The van der Waals surface area contributed by atoms with Crippen molar-refractivity contribution in [3.63, 3.8) is 0 Å². The molecule has 0 aromatic heterocycles. The number of ether oxygens (including phenoxy) is 1. The fourth-order valence-corrected chi connectivity index (χ4v) is 0.590. The van der Waals surface area contributed by atoms with E-state index in [0.29, 0.717) is 13.0 Å². The van der Waals surface area contributed by atoms with Gasteiger partial charge in [0.2, 0.25) is 0 Å². The van der Waals surface area contributed by atoms with Crippen molar-refractivity contribution in [2.75, 3.05) is 6.61 Å². The Morgan fingerprint density at radius 2 is 1.92 bits per heavy atom.